The summed E-state index contributed by atoms with van der Waals surface area (Å²) in [6.07, 6.45) is 0.0916. The third-order valence-corrected chi connectivity index (χ3v) is 7.81. The van der Waals surface area contributed by atoms with Gasteiger partial charge >= 0.3 is 5.97 Å². The van der Waals surface area contributed by atoms with Crippen LogP contribution in [-0.2, 0) is 4.79 Å². The molecule has 0 radical (unpaired) electrons. The van der Waals surface area contributed by atoms with Gasteiger partial charge in [-0.2, -0.15) is 0 Å². The van der Waals surface area contributed by atoms with Crippen LogP contribution < -0.4 is 5.32 Å². The van der Waals surface area contributed by atoms with Gasteiger partial charge in [0.15, 0.2) is 0 Å². The van der Waals surface area contributed by atoms with Crippen molar-refractivity contribution in [3.8, 4) is 11.3 Å². The van der Waals surface area contributed by atoms with E-state index in [0.29, 0.717) is 37.8 Å². The fourth-order valence-corrected chi connectivity index (χ4v) is 5.57. The first kappa shape index (κ1) is 27.4. The van der Waals surface area contributed by atoms with Gasteiger partial charge < -0.3 is 10.4 Å². The van der Waals surface area contributed by atoms with Crippen molar-refractivity contribution in [3.63, 3.8) is 0 Å². The first-order valence-electron chi connectivity index (χ1n) is 11.5. The Labute approximate surface area is 237 Å². The Kier molecular flexibility index (Phi) is 8.75. The van der Waals surface area contributed by atoms with Crippen molar-refractivity contribution in [3.05, 3.63) is 96.9 Å². The molecule has 37 heavy (non-hydrogen) atoms. The second-order valence-corrected chi connectivity index (χ2v) is 10.7. The molecule has 4 aromatic rings. The lowest BCUT2D eigenvalue weighted by molar-refractivity contribution is -0.137. The minimum atomic E-state index is -0.959. The molecular weight excluding hydrogens is 599 g/mol. The highest BCUT2D eigenvalue weighted by Crippen LogP contribution is 2.38. The number of carbonyl (C=O) groups is 2. The number of carboxylic acids is 1. The zero-order valence-corrected chi connectivity index (χ0v) is 23.5. The Morgan fingerprint density at radius 2 is 1.73 bits per heavy atom. The Morgan fingerprint density at radius 3 is 2.43 bits per heavy atom. The number of fused-ring (bicyclic) bond motifs is 1. The minimum absolute atomic E-state index is 0.115. The molecule has 9 heteroatoms. The molecule has 3 aromatic carbocycles. The van der Waals surface area contributed by atoms with Crippen LogP contribution >= 0.6 is 50.7 Å². The maximum Gasteiger partial charge on any atom is 0.303 e. The second kappa shape index (κ2) is 11.8. The molecule has 4 rings (SSSR count). The summed E-state index contributed by atoms with van der Waals surface area (Å²) in [5.74, 6) is -1.74. The van der Waals surface area contributed by atoms with Crippen molar-refractivity contribution in [2.45, 2.75) is 25.7 Å². The lowest BCUT2D eigenvalue weighted by atomic mass is 9.93. The first-order chi connectivity index (χ1) is 17.7. The van der Waals surface area contributed by atoms with Gasteiger partial charge in [0.05, 0.1) is 26.8 Å². The average Bonchev–Trinajstić information content (AvgIpc) is 2.87. The number of aliphatic carboxylic acids is 1. The molecule has 190 valence electrons. The van der Waals surface area contributed by atoms with E-state index in [1.165, 1.54) is 0 Å². The topological polar surface area (TPSA) is 79.3 Å². The van der Waals surface area contributed by atoms with Gasteiger partial charge in [0.1, 0.15) is 0 Å². The van der Waals surface area contributed by atoms with Gasteiger partial charge in [0, 0.05) is 39.3 Å². The molecule has 0 saturated heterocycles. The molecule has 0 spiro atoms. The van der Waals surface area contributed by atoms with Crippen molar-refractivity contribution in [1.29, 1.82) is 0 Å². The lowest BCUT2D eigenvalue weighted by Gasteiger charge is -2.21. The van der Waals surface area contributed by atoms with E-state index in [1.807, 2.05) is 55.5 Å². The molecule has 0 fully saturated rings. The van der Waals surface area contributed by atoms with Crippen LogP contribution in [0.2, 0.25) is 15.1 Å². The summed E-state index contributed by atoms with van der Waals surface area (Å²) < 4.78 is 0.819. The van der Waals surface area contributed by atoms with Gasteiger partial charge in [-0.15, -0.1) is 0 Å². The largest absolute Gasteiger partial charge is 0.481 e. The standard InChI is InChI=1S/C28H22BrCl3N2O3/c1-15-24(19-13-18(29)8-11-22(19)34-27(15)16-5-3-2-4-6-16)28(37)33-14-17(7-12-23(35)36)25-20(30)9-10-21(31)26(25)32/h2-6,8-11,13,17H,7,12,14H2,1H3,(H,33,37)(H,35,36)/t17-/m0/s1. The number of rotatable bonds is 8. The summed E-state index contributed by atoms with van der Waals surface area (Å²) in [6, 6.07) is 18.5. The Morgan fingerprint density at radius 1 is 1.03 bits per heavy atom. The van der Waals surface area contributed by atoms with Crippen molar-refractivity contribution in [2.75, 3.05) is 6.54 Å². The number of carboxylic acid groups (broad SMARTS) is 1. The summed E-state index contributed by atoms with van der Waals surface area (Å²) in [4.78, 5) is 29.9. The molecule has 1 aromatic heterocycles. The van der Waals surface area contributed by atoms with E-state index in [-0.39, 0.29) is 30.3 Å². The summed E-state index contributed by atoms with van der Waals surface area (Å²) in [6.45, 7) is 1.99. The number of benzene rings is 3. The molecular formula is C28H22BrCl3N2O3. The molecule has 0 unspecified atom stereocenters. The summed E-state index contributed by atoms with van der Waals surface area (Å²) in [7, 11) is 0. The van der Waals surface area contributed by atoms with Gasteiger partial charge in [0.2, 0.25) is 0 Å². The number of nitrogens with one attached hydrogen (secondary N) is 1. The molecule has 0 aliphatic rings. The fourth-order valence-electron chi connectivity index (χ4n) is 4.37. The molecule has 0 saturated carbocycles. The number of carbonyl (C=O) groups excluding carboxylic acids is 1. The number of aromatic nitrogens is 1. The quantitative estimate of drug-likeness (QED) is 0.194. The highest BCUT2D eigenvalue weighted by atomic mass is 79.9. The van der Waals surface area contributed by atoms with E-state index < -0.39 is 11.9 Å². The van der Waals surface area contributed by atoms with Gasteiger partial charge in [-0.25, -0.2) is 4.98 Å². The molecule has 0 aliphatic heterocycles. The highest BCUT2D eigenvalue weighted by molar-refractivity contribution is 9.10. The fraction of sp³-hybridized carbons (Fsp3) is 0.179. The van der Waals surface area contributed by atoms with Crippen molar-refractivity contribution in [1.82, 2.24) is 10.3 Å². The maximum absolute atomic E-state index is 13.7. The van der Waals surface area contributed by atoms with Gasteiger partial charge in [-0.3, -0.25) is 9.59 Å². The number of pyridine rings is 1. The molecule has 1 amide bonds. The van der Waals surface area contributed by atoms with Gasteiger partial charge in [0.25, 0.3) is 5.91 Å². The van der Waals surface area contributed by atoms with Crippen LogP contribution in [0.15, 0.2) is 65.1 Å². The highest BCUT2D eigenvalue weighted by Gasteiger charge is 2.24. The molecule has 5 nitrogen and oxygen atoms in total. The average molecular weight is 621 g/mol. The Hall–Kier alpha value is -2.64. The zero-order valence-electron chi connectivity index (χ0n) is 19.7. The molecule has 1 atom stereocenters. The van der Waals surface area contributed by atoms with Crippen LogP contribution in [0.4, 0.5) is 0 Å². The monoisotopic (exact) mass is 618 g/mol. The third kappa shape index (κ3) is 6.10. The van der Waals surface area contributed by atoms with Gasteiger partial charge in [-0.1, -0.05) is 81.1 Å². The summed E-state index contributed by atoms with van der Waals surface area (Å²) in [5, 5.41) is 13.9. The van der Waals surface area contributed by atoms with Crippen LogP contribution in [0, 0.1) is 6.92 Å². The van der Waals surface area contributed by atoms with Crippen LogP contribution in [0.1, 0.15) is 40.2 Å². The number of halogens is 4. The number of hydrogen-bond donors (Lipinski definition) is 2. The maximum atomic E-state index is 13.7. The van der Waals surface area contributed by atoms with E-state index in [2.05, 4.69) is 21.2 Å². The van der Waals surface area contributed by atoms with E-state index in [9.17, 15) is 14.7 Å². The second-order valence-electron chi connectivity index (χ2n) is 8.58. The predicted molar refractivity (Wildman–Crippen MR) is 153 cm³/mol. The van der Waals surface area contributed by atoms with Crippen LogP contribution in [-0.4, -0.2) is 28.5 Å². The number of hydrogen-bond acceptors (Lipinski definition) is 3. The van der Waals surface area contributed by atoms with E-state index in [4.69, 9.17) is 39.8 Å². The summed E-state index contributed by atoms with van der Waals surface area (Å²) >= 11 is 22.6. The molecule has 0 bridgehead atoms. The minimum Gasteiger partial charge on any atom is -0.481 e. The SMILES string of the molecule is Cc1c(-c2ccccc2)nc2ccc(Br)cc2c1C(=O)NC[C@H](CCC(=O)O)c1c(Cl)ccc(Cl)c1Cl. The van der Waals surface area contributed by atoms with Crippen molar-refractivity contribution >= 4 is 73.5 Å². The van der Waals surface area contributed by atoms with E-state index in [0.717, 1.165) is 15.6 Å². The van der Waals surface area contributed by atoms with Crippen LogP contribution in [0.3, 0.4) is 0 Å². The Balaban J connectivity index is 1.74. The third-order valence-electron chi connectivity index (χ3n) is 6.17. The normalized spacial score (nSPS) is 11.9. The molecule has 0 aliphatic carbocycles. The first-order valence-corrected chi connectivity index (χ1v) is 13.4. The number of nitrogens with zero attached hydrogens (tertiary/aromatic N) is 1. The van der Waals surface area contributed by atoms with Crippen LogP contribution in [0.5, 0.6) is 0 Å². The summed E-state index contributed by atoms with van der Waals surface area (Å²) in [5.41, 5.74) is 4.03. The van der Waals surface area contributed by atoms with Crippen molar-refractivity contribution < 1.29 is 14.7 Å². The predicted octanol–water partition coefficient (Wildman–Crippen LogP) is 8.31. The lowest BCUT2D eigenvalue weighted by Crippen LogP contribution is -2.30. The van der Waals surface area contributed by atoms with E-state index in [1.54, 1.807) is 12.1 Å². The van der Waals surface area contributed by atoms with Crippen molar-refractivity contribution in [2.24, 2.45) is 0 Å². The Bertz CT molecular complexity index is 1500. The van der Waals surface area contributed by atoms with Crippen LogP contribution in [0.25, 0.3) is 22.2 Å². The zero-order chi connectivity index (χ0) is 26.7. The smallest absolute Gasteiger partial charge is 0.303 e. The van der Waals surface area contributed by atoms with Gasteiger partial charge in [-0.05, 0) is 54.8 Å². The molecule has 2 N–H and O–H groups in total. The number of amides is 1. The van der Waals surface area contributed by atoms with E-state index >= 15 is 0 Å². The molecule has 1 heterocycles.